The molecule has 1 aromatic heterocycles. The largest absolute Gasteiger partial charge is 0.316 e. The van der Waals surface area contributed by atoms with Gasteiger partial charge in [-0.15, -0.1) is 11.3 Å². The van der Waals surface area contributed by atoms with E-state index >= 15 is 0 Å². The van der Waals surface area contributed by atoms with Crippen LogP contribution in [0.25, 0.3) is 0 Å². The molecule has 1 saturated heterocycles. The average molecular weight is 211 g/mol. The van der Waals surface area contributed by atoms with Crippen LogP contribution in [0, 0.1) is 6.92 Å². The van der Waals surface area contributed by atoms with Crippen molar-refractivity contribution in [3.05, 3.63) is 16.1 Å². The Kier molecular flexibility index (Phi) is 3.15. The van der Waals surface area contributed by atoms with E-state index in [4.69, 9.17) is 0 Å². The maximum absolute atomic E-state index is 4.48. The smallest absolute Gasteiger partial charge is 0.0897 e. The molecule has 0 saturated carbocycles. The Morgan fingerprint density at radius 2 is 2.57 bits per heavy atom. The molecule has 0 spiro atoms. The summed E-state index contributed by atoms with van der Waals surface area (Å²) < 4.78 is 0. The van der Waals surface area contributed by atoms with Gasteiger partial charge in [-0.1, -0.05) is 0 Å². The lowest BCUT2D eigenvalue weighted by molar-refractivity contribution is 0.319. The van der Waals surface area contributed by atoms with E-state index in [0.717, 1.165) is 13.1 Å². The molecule has 2 heterocycles. The Labute approximate surface area is 89.1 Å². The van der Waals surface area contributed by atoms with Gasteiger partial charge in [-0.2, -0.15) is 0 Å². The van der Waals surface area contributed by atoms with Crippen molar-refractivity contribution in [2.24, 2.45) is 0 Å². The van der Waals surface area contributed by atoms with Gasteiger partial charge in [0.2, 0.25) is 0 Å². The fraction of sp³-hybridized carbons (Fsp3) is 0.700. The molecular weight excluding hydrogens is 194 g/mol. The van der Waals surface area contributed by atoms with Crippen molar-refractivity contribution in [2.45, 2.75) is 25.9 Å². The summed E-state index contributed by atoms with van der Waals surface area (Å²) in [4.78, 5) is 6.95. The number of hydrogen-bond donors (Lipinski definition) is 1. The highest BCUT2D eigenvalue weighted by Gasteiger charge is 2.21. The van der Waals surface area contributed by atoms with Crippen molar-refractivity contribution in [2.75, 3.05) is 20.1 Å². The van der Waals surface area contributed by atoms with Crippen molar-refractivity contribution in [1.29, 1.82) is 0 Å². The van der Waals surface area contributed by atoms with Crippen LogP contribution in [0.4, 0.5) is 0 Å². The second-order valence-corrected chi connectivity index (χ2v) is 4.93. The van der Waals surface area contributed by atoms with Crippen LogP contribution >= 0.6 is 11.3 Å². The van der Waals surface area contributed by atoms with Crippen LogP contribution in [-0.4, -0.2) is 36.1 Å². The zero-order valence-corrected chi connectivity index (χ0v) is 9.60. The molecule has 0 radical (unpaired) electrons. The van der Waals surface area contributed by atoms with Gasteiger partial charge >= 0.3 is 0 Å². The molecule has 1 unspecified atom stereocenters. The molecule has 1 fully saturated rings. The van der Waals surface area contributed by atoms with Gasteiger partial charge < -0.3 is 5.32 Å². The van der Waals surface area contributed by atoms with Crippen molar-refractivity contribution in [3.63, 3.8) is 0 Å². The predicted octanol–water partition coefficient (Wildman–Crippen LogP) is 1.25. The summed E-state index contributed by atoms with van der Waals surface area (Å²) in [5, 5.41) is 6.66. The van der Waals surface area contributed by atoms with Gasteiger partial charge in [0, 0.05) is 31.1 Å². The summed E-state index contributed by atoms with van der Waals surface area (Å²) in [5.74, 6) is 0. The topological polar surface area (TPSA) is 28.2 Å². The predicted molar refractivity (Wildman–Crippen MR) is 59.6 cm³/mol. The SMILES string of the molecule is CNC1CCN(Cc2csc(C)n2)C1. The molecule has 14 heavy (non-hydrogen) atoms. The summed E-state index contributed by atoms with van der Waals surface area (Å²) in [5.41, 5.74) is 1.23. The van der Waals surface area contributed by atoms with Crippen molar-refractivity contribution in [1.82, 2.24) is 15.2 Å². The fourth-order valence-electron chi connectivity index (χ4n) is 1.92. The van der Waals surface area contributed by atoms with E-state index < -0.39 is 0 Å². The highest BCUT2D eigenvalue weighted by Crippen LogP contribution is 2.15. The first-order valence-electron chi connectivity index (χ1n) is 5.08. The van der Waals surface area contributed by atoms with Crippen LogP contribution in [-0.2, 0) is 6.54 Å². The molecular formula is C10H17N3S. The molecule has 0 aliphatic carbocycles. The zero-order chi connectivity index (χ0) is 9.97. The minimum absolute atomic E-state index is 0.676. The van der Waals surface area contributed by atoms with E-state index in [1.54, 1.807) is 11.3 Å². The van der Waals surface area contributed by atoms with Crippen molar-refractivity contribution >= 4 is 11.3 Å². The number of likely N-dealkylation sites (N-methyl/N-ethyl adjacent to an activating group) is 1. The fourth-order valence-corrected chi connectivity index (χ4v) is 2.53. The molecule has 0 bridgehead atoms. The van der Waals surface area contributed by atoms with Crippen LogP contribution in [0.1, 0.15) is 17.1 Å². The van der Waals surface area contributed by atoms with Crippen molar-refractivity contribution < 1.29 is 0 Å². The molecule has 1 aromatic rings. The minimum Gasteiger partial charge on any atom is -0.316 e. The lowest BCUT2D eigenvalue weighted by Gasteiger charge is -2.13. The van der Waals surface area contributed by atoms with E-state index in [0.29, 0.717) is 6.04 Å². The van der Waals surface area contributed by atoms with E-state index in [9.17, 15) is 0 Å². The van der Waals surface area contributed by atoms with E-state index in [1.165, 1.54) is 23.7 Å². The van der Waals surface area contributed by atoms with E-state index in [1.807, 2.05) is 7.05 Å². The first-order chi connectivity index (χ1) is 6.78. The first-order valence-corrected chi connectivity index (χ1v) is 5.96. The van der Waals surface area contributed by atoms with Crippen LogP contribution < -0.4 is 5.32 Å². The Morgan fingerprint density at radius 3 is 3.14 bits per heavy atom. The van der Waals surface area contributed by atoms with Gasteiger partial charge in [-0.05, 0) is 20.4 Å². The molecule has 3 nitrogen and oxygen atoms in total. The molecule has 0 aromatic carbocycles. The third-order valence-corrected chi connectivity index (χ3v) is 3.56. The summed E-state index contributed by atoms with van der Waals surface area (Å²) in [6, 6.07) is 0.676. The number of nitrogens with zero attached hydrogens (tertiary/aromatic N) is 2. The van der Waals surface area contributed by atoms with Gasteiger partial charge in [-0.3, -0.25) is 4.90 Å². The van der Waals surface area contributed by atoms with Gasteiger partial charge in [0.1, 0.15) is 0 Å². The standard InChI is InChI=1S/C10H17N3S/c1-8-12-10(7-14-8)6-13-4-3-9(5-13)11-2/h7,9,11H,3-6H2,1-2H3. The number of aryl methyl sites for hydroxylation is 1. The number of nitrogens with one attached hydrogen (secondary N) is 1. The summed E-state index contributed by atoms with van der Waals surface area (Å²) in [7, 11) is 2.04. The van der Waals surface area contributed by atoms with Crippen molar-refractivity contribution in [3.8, 4) is 0 Å². The zero-order valence-electron chi connectivity index (χ0n) is 8.79. The Bertz CT molecular complexity index is 297. The Hall–Kier alpha value is -0.450. The summed E-state index contributed by atoms with van der Waals surface area (Å²) in [6.07, 6.45) is 1.26. The molecule has 78 valence electrons. The average Bonchev–Trinajstić information content (AvgIpc) is 2.76. The highest BCUT2D eigenvalue weighted by atomic mass is 32.1. The maximum atomic E-state index is 4.48. The molecule has 2 rings (SSSR count). The van der Waals surface area contributed by atoms with Gasteiger partial charge in [0.05, 0.1) is 10.7 Å². The van der Waals surface area contributed by atoms with Crippen LogP contribution in [0.5, 0.6) is 0 Å². The lowest BCUT2D eigenvalue weighted by Crippen LogP contribution is -2.29. The van der Waals surface area contributed by atoms with Crippen LogP contribution in [0.3, 0.4) is 0 Å². The van der Waals surface area contributed by atoms with Gasteiger partial charge in [0.15, 0.2) is 0 Å². The molecule has 0 amide bonds. The third-order valence-electron chi connectivity index (χ3n) is 2.73. The summed E-state index contributed by atoms with van der Waals surface area (Å²) >= 11 is 1.74. The first kappa shape index (κ1) is 10.1. The monoisotopic (exact) mass is 211 g/mol. The molecule has 1 N–H and O–H groups in total. The molecule has 1 atom stereocenters. The minimum atomic E-state index is 0.676. The highest BCUT2D eigenvalue weighted by molar-refractivity contribution is 7.09. The molecule has 1 aliphatic heterocycles. The maximum Gasteiger partial charge on any atom is 0.0897 e. The normalized spacial score (nSPS) is 23.1. The number of rotatable bonds is 3. The Morgan fingerprint density at radius 1 is 1.71 bits per heavy atom. The Balaban J connectivity index is 1.87. The lowest BCUT2D eigenvalue weighted by atomic mass is 10.3. The number of thiazole rings is 1. The van der Waals surface area contributed by atoms with E-state index in [-0.39, 0.29) is 0 Å². The second kappa shape index (κ2) is 4.38. The second-order valence-electron chi connectivity index (χ2n) is 3.87. The summed E-state index contributed by atoms with van der Waals surface area (Å²) in [6.45, 7) is 5.44. The van der Waals surface area contributed by atoms with Gasteiger partial charge in [-0.25, -0.2) is 4.98 Å². The van der Waals surface area contributed by atoms with Gasteiger partial charge in [0.25, 0.3) is 0 Å². The van der Waals surface area contributed by atoms with Crippen LogP contribution in [0.15, 0.2) is 5.38 Å². The molecule has 1 aliphatic rings. The molecule has 4 heteroatoms. The third kappa shape index (κ3) is 2.32. The van der Waals surface area contributed by atoms with Crippen LogP contribution in [0.2, 0.25) is 0 Å². The number of aromatic nitrogens is 1. The number of hydrogen-bond acceptors (Lipinski definition) is 4. The quantitative estimate of drug-likeness (QED) is 0.815. The van der Waals surface area contributed by atoms with E-state index in [2.05, 4.69) is 27.5 Å². The number of likely N-dealkylation sites (tertiary alicyclic amines) is 1.